The van der Waals surface area contributed by atoms with E-state index in [0.717, 1.165) is 0 Å². The van der Waals surface area contributed by atoms with Gasteiger partial charge in [-0.15, -0.1) is 13.2 Å². The number of aliphatic hydroxyl groups excluding tert-OH is 1. The van der Waals surface area contributed by atoms with Crippen LogP contribution in [0.2, 0.25) is 0 Å². The highest BCUT2D eigenvalue weighted by atomic mass is 19.4. The molecule has 0 aliphatic carbocycles. The first-order valence-corrected chi connectivity index (χ1v) is 7.07. The Balaban J connectivity index is 2.05. The fourth-order valence-electron chi connectivity index (χ4n) is 1.78. The van der Waals surface area contributed by atoms with Crippen LogP contribution in [0.1, 0.15) is 6.92 Å². The van der Waals surface area contributed by atoms with Gasteiger partial charge in [0.25, 0.3) is 0 Å². The van der Waals surface area contributed by atoms with Crippen LogP contribution in [0.3, 0.4) is 0 Å². The number of hydrogen-bond acceptors (Lipinski definition) is 6. The molecule has 0 saturated carbocycles. The number of halogens is 3. The van der Waals surface area contributed by atoms with Crippen molar-refractivity contribution in [1.82, 2.24) is 15.0 Å². The molecule has 1 aromatic carbocycles. The number of ether oxygens (including phenoxy) is 1. The van der Waals surface area contributed by atoms with Crippen LogP contribution in [-0.2, 0) is 0 Å². The lowest BCUT2D eigenvalue weighted by atomic mass is 10.1. The Morgan fingerprint density at radius 2 is 1.88 bits per heavy atom. The lowest BCUT2D eigenvalue weighted by molar-refractivity contribution is -0.274. The lowest BCUT2D eigenvalue weighted by Gasteiger charge is -2.23. The summed E-state index contributed by atoms with van der Waals surface area (Å²) in [4.78, 5) is 8.40. The molecule has 0 saturated heterocycles. The SMILES string of the molecule is CC(CO)N(C)Nc1cnc(-c2ccc(OC(F)(F)F)cc2)cn1. The van der Waals surface area contributed by atoms with Crippen molar-refractivity contribution in [3.8, 4) is 17.0 Å². The number of nitrogens with zero attached hydrogens (tertiary/aromatic N) is 3. The molecule has 1 aromatic heterocycles. The average Bonchev–Trinajstić information content (AvgIpc) is 2.54. The molecule has 9 heteroatoms. The third kappa shape index (κ3) is 5.07. The van der Waals surface area contributed by atoms with Gasteiger partial charge in [0.05, 0.1) is 24.7 Å². The van der Waals surface area contributed by atoms with Crippen LogP contribution in [0, 0.1) is 0 Å². The van der Waals surface area contributed by atoms with Gasteiger partial charge in [-0.1, -0.05) is 0 Å². The maximum absolute atomic E-state index is 12.1. The predicted molar refractivity (Wildman–Crippen MR) is 82.1 cm³/mol. The Morgan fingerprint density at radius 3 is 2.38 bits per heavy atom. The molecular formula is C15H17F3N4O2. The van der Waals surface area contributed by atoms with E-state index in [2.05, 4.69) is 20.1 Å². The highest BCUT2D eigenvalue weighted by Gasteiger charge is 2.30. The molecule has 2 N–H and O–H groups in total. The number of benzene rings is 1. The summed E-state index contributed by atoms with van der Waals surface area (Å²) in [6, 6.07) is 5.27. The molecule has 6 nitrogen and oxygen atoms in total. The summed E-state index contributed by atoms with van der Waals surface area (Å²) in [5, 5.41) is 10.8. The molecule has 0 amide bonds. The van der Waals surface area contributed by atoms with Gasteiger partial charge in [0.2, 0.25) is 0 Å². The van der Waals surface area contributed by atoms with Crippen molar-refractivity contribution in [2.24, 2.45) is 0 Å². The molecular weight excluding hydrogens is 325 g/mol. The molecule has 1 heterocycles. The standard InChI is InChI=1S/C15H17F3N4O2/c1-10(9-23)22(2)21-14-8-19-13(7-20-14)11-3-5-12(6-4-11)24-15(16,17)18/h3-8,10,23H,9H2,1-2H3,(H,20,21). The summed E-state index contributed by atoms with van der Waals surface area (Å²) in [7, 11) is 1.76. The highest BCUT2D eigenvalue weighted by molar-refractivity contribution is 5.59. The van der Waals surface area contributed by atoms with Crippen LogP contribution in [0.5, 0.6) is 5.75 Å². The quantitative estimate of drug-likeness (QED) is 0.787. The van der Waals surface area contributed by atoms with E-state index in [0.29, 0.717) is 17.1 Å². The number of alkyl halides is 3. The summed E-state index contributed by atoms with van der Waals surface area (Å²) < 4.78 is 40.2. The van der Waals surface area contributed by atoms with Crippen molar-refractivity contribution in [2.45, 2.75) is 19.3 Å². The van der Waals surface area contributed by atoms with Gasteiger partial charge >= 0.3 is 6.36 Å². The van der Waals surface area contributed by atoms with E-state index in [4.69, 9.17) is 5.11 Å². The Labute approximate surface area is 136 Å². The molecule has 0 radical (unpaired) electrons. The number of rotatable bonds is 6. The van der Waals surface area contributed by atoms with Crippen LogP contribution in [0.4, 0.5) is 19.0 Å². The van der Waals surface area contributed by atoms with Gasteiger partial charge in [-0.05, 0) is 31.2 Å². The van der Waals surface area contributed by atoms with E-state index in [9.17, 15) is 13.2 Å². The van der Waals surface area contributed by atoms with Gasteiger partial charge < -0.3 is 15.3 Å². The van der Waals surface area contributed by atoms with Crippen LogP contribution in [0.15, 0.2) is 36.7 Å². The summed E-state index contributed by atoms with van der Waals surface area (Å²) in [5.74, 6) is 0.190. The zero-order chi connectivity index (χ0) is 17.7. The summed E-state index contributed by atoms with van der Waals surface area (Å²) in [6.45, 7) is 1.82. The van der Waals surface area contributed by atoms with Crippen molar-refractivity contribution in [1.29, 1.82) is 0 Å². The van der Waals surface area contributed by atoms with E-state index in [-0.39, 0.29) is 18.4 Å². The first-order chi connectivity index (χ1) is 11.3. The molecule has 0 spiro atoms. The molecule has 2 aromatic rings. The van der Waals surface area contributed by atoms with Crippen molar-refractivity contribution in [3.63, 3.8) is 0 Å². The number of hydrazine groups is 1. The maximum atomic E-state index is 12.1. The van der Waals surface area contributed by atoms with Crippen LogP contribution in [0.25, 0.3) is 11.3 Å². The van der Waals surface area contributed by atoms with Crippen molar-refractivity contribution < 1.29 is 23.0 Å². The topological polar surface area (TPSA) is 70.5 Å². The van der Waals surface area contributed by atoms with E-state index in [1.54, 1.807) is 12.1 Å². The third-order valence-electron chi connectivity index (χ3n) is 3.25. The normalized spacial score (nSPS) is 13.0. The van der Waals surface area contributed by atoms with Crippen LogP contribution < -0.4 is 10.2 Å². The molecule has 0 bridgehead atoms. The minimum absolute atomic E-state index is 0.0125. The number of hydrogen-bond donors (Lipinski definition) is 2. The number of likely N-dealkylation sites (N-methyl/N-ethyl adjacent to an activating group) is 1. The highest BCUT2D eigenvalue weighted by Crippen LogP contribution is 2.25. The fraction of sp³-hybridized carbons (Fsp3) is 0.333. The molecule has 0 fully saturated rings. The largest absolute Gasteiger partial charge is 0.573 e. The Morgan fingerprint density at radius 1 is 1.21 bits per heavy atom. The number of nitrogens with one attached hydrogen (secondary N) is 1. The van der Waals surface area contributed by atoms with Gasteiger partial charge in [0, 0.05) is 18.7 Å². The molecule has 1 atom stereocenters. The number of anilines is 1. The second-order valence-corrected chi connectivity index (χ2v) is 5.11. The number of aliphatic hydroxyl groups is 1. The predicted octanol–water partition coefficient (Wildman–Crippen LogP) is 2.68. The van der Waals surface area contributed by atoms with Gasteiger partial charge in [-0.25, -0.2) is 9.99 Å². The molecule has 0 aliphatic heterocycles. The van der Waals surface area contributed by atoms with Crippen molar-refractivity contribution in [3.05, 3.63) is 36.7 Å². The minimum Gasteiger partial charge on any atom is -0.406 e. The Bertz CT molecular complexity index is 647. The van der Waals surface area contributed by atoms with E-state index in [1.165, 1.54) is 36.7 Å². The maximum Gasteiger partial charge on any atom is 0.573 e. The van der Waals surface area contributed by atoms with Gasteiger partial charge in [0.15, 0.2) is 5.82 Å². The first kappa shape index (κ1) is 18.0. The lowest BCUT2D eigenvalue weighted by Crippen LogP contribution is -2.36. The molecule has 2 rings (SSSR count). The second-order valence-electron chi connectivity index (χ2n) is 5.11. The zero-order valence-electron chi connectivity index (χ0n) is 13.1. The Kier molecular flexibility index (Phi) is 5.58. The van der Waals surface area contributed by atoms with Crippen molar-refractivity contribution in [2.75, 3.05) is 19.1 Å². The molecule has 24 heavy (non-hydrogen) atoms. The molecule has 130 valence electrons. The van der Waals surface area contributed by atoms with Gasteiger partial charge in [0.1, 0.15) is 5.75 Å². The van der Waals surface area contributed by atoms with Gasteiger partial charge in [-0.3, -0.25) is 4.98 Å². The smallest absolute Gasteiger partial charge is 0.406 e. The fourth-order valence-corrected chi connectivity index (χ4v) is 1.78. The third-order valence-corrected chi connectivity index (χ3v) is 3.25. The van der Waals surface area contributed by atoms with Gasteiger partial charge in [-0.2, -0.15) is 0 Å². The summed E-state index contributed by atoms with van der Waals surface area (Å²) >= 11 is 0. The molecule has 1 unspecified atom stereocenters. The Hall–Kier alpha value is -2.39. The van der Waals surface area contributed by atoms with E-state index >= 15 is 0 Å². The van der Waals surface area contributed by atoms with E-state index in [1.807, 2.05) is 6.92 Å². The second kappa shape index (κ2) is 7.45. The first-order valence-electron chi connectivity index (χ1n) is 7.07. The number of aromatic nitrogens is 2. The molecule has 0 aliphatic rings. The van der Waals surface area contributed by atoms with Crippen molar-refractivity contribution >= 4 is 5.82 Å². The van der Waals surface area contributed by atoms with Crippen LogP contribution >= 0.6 is 0 Å². The monoisotopic (exact) mass is 342 g/mol. The van der Waals surface area contributed by atoms with E-state index < -0.39 is 6.36 Å². The zero-order valence-corrected chi connectivity index (χ0v) is 13.1. The summed E-state index contributed by atoms with van der Waals surface area (Å²) in [5.41, 5.74) is 4.08. The minimum atomic E-state index is -4.72. The van der Waals surface area contributed by atoms with Crippen LogP contribution in [-0.4, -0.2) is 46.1 Å². The summed E-state index contributed by atoms with van der Waals surface area (Å²) in [6.07, 6.45) is -1.72. The average molecular weight is 342 g/mol.